The molecule has 2 heterocycles. The van der Waals surface area contributed by atoms with Crippen LogP contribution < -0.4 is 0 Å². The molecule has 0 unspecified atom stereocenters. The van der Waals surface area contributed by atoms with Crippen LogP contribution in [-0.2, 0) is 13.1 Å². The molecule has 170 valence electrons. The van der Waals surface area contributed by atoms with E-state index in [0.717, 1.165) is 49.7 Å². The van der Waals surface area contributed by atoms with E-state index in [-0.39, 0.29) is 0 Å². The molecule has 2 fully saturated rings. The van der Waals surface area contributed by atoms with Gasteiger partial charge in [-0.2, -0.15) is 0 Å². The van der Waals surface area contributed by atoms with Gasteiger partial charge in [-0.05, 0) is 66.1 Å². The largest absolute Gasteiger partial charge is 0.297 e. The van der Waals surface area contributed by atoms with Crippen molar-refractivity contribution in [3.8, 4) is 0 Å². The van der Waals surface area contributed by atoms with Gasteiger partial charge in [-0.25, -0.2) is 0 Å². The van der Waals surface area contributed by atoms with Gasteiger partial charge in [-0.3, -0.25) is 14.8 Å². The molecule has 0 N–H and O–H groups in total. The summed E-state index contributed by atoms with van der Waals surface area (Å²) in [6.45, 7) is 12.9. The van der Waals surface area contributed by atoms with Gasteiger partial charge in [-0.15, -0.1) is 0 Å². The zero-order chi connectivity index (χ0) is 22.5. The first-order valence-electron chi connectivity index (χ1n) is 12.2. The van der Waals surface area contributed by atoms with E-state index >= 15 is 0 Å². The summed E-state index contributed by atoms with van der Waals surface area (Å²) in [5.41, 5.74) is 7.05. The number of nitrogens with zero attached hydrogens (tertiary/aromatic N) is 3. The molecule has 0 atom stereocenters. The molecule has 2 aromatic carbocycles. The first-order chi connectivity index (χ1) is 15.7. The van der Waals surface area contributed by atoms with Crippen LogP contribution in [0.15, 0.2) is 53.1 Å². The van der Waals surface area contributed by atoms with E-state index in [1.807, 2.05) is 20.0 Å². The molecular formula is C28H36BrN3. The molecule has 0 radical (unpaired) electrons. The molecule has 1 saturated heterocycles. The van der Waals surface area contributed by atoms with Crippen molar-refractivity contribution in [3.05, 3.63) is 75.4 Å². The minimum Gasteiger partial charge on any atom is -0.297 e. The third-order valence-electron chi connectivity index (χ3n) is 6.92. The number of piperazine rings is 1. The lowest BCUT2D eigenvalue weighted by molar-refractivity contribution is 0.122. The van der Waals surface area contributed by atoms with Crippen LogP contribution in [-0.4, -0.2) is 41.0 Å². The summed E-state index contributed by atoms with van der Waals surface area (Å²) < 4.78 is 1.15. The van der Waals surface area contributed by atoms with Crippen molar-refractivity contribution < 1.29 is 0 Å². The first-order valence-corrected chi connectivity index (χ1v) is 13.0. The van der Waals surface area contributed by atoms with E-state index < -0.39 is 0 Å². The van der Waals surface area contributed by atoms with Crippen molar-refractivity contribution in [3.63, 3.8) is 0 Å². The fourth-order valence-corrected chi connectivity index (χ4v) is 5.28. The number of pyridine rings is 1. The molecule has 32 heavy (non-hydrogen) atoms. The Hall–Kier alpha value is -1.75. The lowest BCUT2D eigenvalue weighted by atomic mass is 9.77. The standard InChI is InChI=1S/C26H30BrN3.C2H6/c1-19-16-22(24-6-3-11-28-26(24)25(19)21-4-2-5-21)18-30-14-12-29(13-15-30)17-20-7-9-23(27)10-8-20;1-2/h3,6-11,16,21H,2,4-5,12-15,17-18H2,1H3;1-2H3. The Morgan fingerprint density at radius 2 is 1.59 bits per heavy atom. The second-order valence-electron chi connectivity index (χ2n) is 8.97. The Labute approximate surface area is 202 Å². The van der Waals surface area contributed by atoms with Gasteiger partial charge >= 0.3 is 0 Å². The molecule has 0 bridgehead atoms. The van der Waals surface area contributed by atoms with Gasteiger partial charge < -0.3 is 0 Å². The number of aryl methyl sites for hydroxylation is 1. The van der Waals surface area contributed by atoms with Gasteiger partial charge in [-0.1, -0.05) is 60.5 Å². The minimum atomic E-state index is 0.721. The van der Waals surface area contributed by atoms with E-state index in [4.69, 9.17) is 4.98 Å². The second-order valence-corrected chi connectivity index (χ2v) is 9.89. The predicted octanol–water partition coefficient (Wildman–Crippen LogP) is 6.92. The Balaban J connectivity index is 0.00000119. The summed E-state index contributed by atoms with van der Waals surface area (Å²) in [6, 6.07) is 15.6. The molecule has 0 spiro atoms. The smallest absolute Gasteiger partial charge is 0.0742 e. The maximum absolute atomic E-state index is 4.83. The number of fused-ring (bicyclic) bond motifs is 1. The topological polar surface area (TPSA) is 19.4 Å². The van der Waals surface area contributed by atoms with E-state index in [0.29, 0.717) is 0 Å². The van der Waals surface area contributed by atoms with Crippen molar-refractivity contribution in [2.45, 2.75) is 59.0 Å². The molecular weight excluding hydrogens is 458 g/mol. The normalized spacial score (nSPS) is 17.6. The molecule has 5 rings (SSSR count). The molecule has 0 amide bonds. The summed E-state index contributed by atoms with van der Waals surface area (Å²) in [7, 11) is 0. The zero-order valence-electron chi connectivity index (χ0n) is 19.8. The van der Waals surface area contributed by atoms with Gasteiger partial charge in [0.2, 0.25) is 0 Å². The maximum atomic E-state index is 4.83. The number of halogens is 1. The SMILES string of the molecule is CC.Cc1cc(CN2CCN(Cc3ccc(Br)cc3)CC2)c2cccnc2c1C1CCC1. The highest BCUT2D eigenvalue weighted by Gasteiger charge is 2.25. The van der Waals surface area contributed by atoms with Crippen LogP contribution in [0.4, 0.5) is 0 Å². The van der Waals surface area contributed by atoms with Crippen LogP contribution in [0.1, 0.15) is 61.3 Å². The van der Waals surface area contributed by atoms with Gasteiger partial charge in [0, 0.05) is 55.3 Å². The van der Waals surface area contributed by atoms with Crippen molar-refractivity contribution in [1.82, 2.24) is 14.8 Å². The zero-order valence-corrected chi connectivity index (χ0v) is 21.4. The Morgan fingerprint density at radius 1 is 0.938 bits per heavy atom. The third kappa shape index (κ3) is 5.24. The highest BCUT2D eigenvalue weighted by atomic mass is 79.9. The van der Waals surface area contributed by atoms with E-state index in [1.165, 1.54) is 52.4 Å². The Kier molecular flexibility index (Phi) is 7.98. The molecule has 1 aromatic heterocycles. The molecule has 3 aromatic rings. The fourth-order valence-electron chi connectivity index (χ4n) is 5.02. The lowest BCUT2D eigenvalue weighted by Crippen LogP contribution is -2.45. The van der Waals surface area contributed by atoms with Gasteiger partial charge in [0.05, 0.1) is 5.52 Å². The summed E-state index contributed by atoms with van der Waals surface area (Å²) in [6.07, 6.45) is 5.98. The molecule has 1 saturated carbocycles. The van der Waals surface area contributed by atoms with Gasteiger partial charge in [0.15, 0.2) is 0 Å². The average Bonchev–Trinajstić information content (AvgIpc) is 2.79. The van der Waals surface area contributed by atoms with Crippen molar-refractivity contribution in [2.24, 2.45) is 0 Å². The second kappa shape index (κ2) is 10.9. The van der Waals surface area contributed by atoms with Gasteiger partial charge in [0.25, 0.3) is 0 Å². The lowest BCUT2D eigenvalue weighted by Gasteiger charge is -2.35. The summed E-state index contributed by atoms with van der Waals surface area (Å²) in [5, 5.41) is 1.36. The summed E-state index contributed by atoms with van der Waals surface area (Å²) >= 11 is 3.53. The number of aromatic nitrogens is 1. The third-order valence-corrected chi connectivity index (χ3v) is 7.44. The molecule has 4 heteroatoms. The highest BCUT2D eigenvalue weighted by Crippen LogP contribution is 2.41. The Bertz CT molecular complexity index is 1020. The quantitative estimate of drug-likeness (QED) is 0.384. The maximum Gasteiger partial charge on any atom is 0.0742 e. The number of rotatable bonds is 5. The Morgan fingerprint density at radius 3 is 2.22 bits per heavy atom. The number of benzene rings is 2. The van der Waals surface area contributed by atoms with E-state index in [2.05, 4.69) is 75.1 Å². The van der Waals surface area contributed by atoms with Crippen LogP contribution in [0.25, 0.3) is 10.9 Å². The van der Waals surface area contributed by atoms with Crippen LogP contribution >= 0.6 is 15.9 Å². The van der Waals surface area contributed by atoms with Crippen LogP contribution in [0, 0.1) is 6.92 Å². The monoisotopic (exact) mass is 493 g/mol. The van der Waals surface area contributed by atoms with E-state index in [1.54, 1.807) is 0 Å². The number of hydrogen-bond donors (Lipinski definition) is 0. The van der Waals surface area contributed by atoms with Crippen LogP contribution in [0.3, 0.4) is 0 Å². The predicted molar refractivity (Wildman–Crippen MR) is 139 cm³/mol. The van der Waals surface area contributed by atoms with Crippen molar-refractivity contribution >= 4 is 26.8 Å². The van der Waals surface area contributed by atoms with Crippen LogP contribution in [0.2, 0.25) is 0 Å². The first kappa shape index (κ1) is 23.4. The molecule has 1 aliphatic heterocycles. The number of hydrogen-bond acceptors (Lipinski definition) is 3. The minimum absolute atomic E-state index is 0.721. The molecule has 1 aliphatic carbocycles. The molecule has 3 nitrogen and oxygen atoms in total. The highest BCUT2D eigenvalue weighted by molar-refractivity contribution is 9.10. The summed E-state index contributed by atoms with van der Waals surface area (Å²) in [5.74, 6) is 0.721. The van der Waals surface area contributed by atoms with Crippen molar-refractivity contribution in [2.75, 3.05) is 26.2 Å². The van der Waals surface area contributed by atoms with Gasteiger partial charge in [0.1, 0.15) is 0 Å². The summed E-state index contributed by atoms with van der Waals surface area (Å²) in [4.78, 5) is 10.0. The fraction of sp³-hybridized carbons (Fsp3) is 0.464. The van der Waals surface area contributed by atoms with Crippen molar-refractivity contribution in [1.29, 1.82) is 0 Å². The van der Waals surface area contributed by atoms with Crippen LogP contribution in [0.5, 0.6) is 0 Å². The van der Waals surface area contributed by atoms with E-state index in [9.17, 15) is 0 Å². The average molecular weight is 495 g/mol. The molecule has 2 aliphatic rings.